The average Bonchev–Trinajstić information content (AvgIpc) is 3.21. The van der Waals surface area contributed by atoms with Crippen LogP contribution in [0.2, 0.25) is 0 Å². The highest BCUT2D eigenvalue weighted by Crippen LogP contribution is 2.44. The van der Waals surface area contributed by atoms with Gasteiger partial charge < -0.3 is 14.8 Å². The lowest BCUT2D eigenvalue weighted by atomic mass is 9.88. The molecule has 31 heavy (non-hydrogen) atoms. The van der Waals surface area contributed by atoms with E-state index in [9.17, 15) is 9.59 Å². The summed E-state index contributed by atoms with van der Waals surface area (Å²) in [5, 5.41) is 2.94. The zero-order valence-electron chi connectivity index (χ0n) is 17.3. The summed E-state index contributed by atoms with van der Waals surface area (Å²) in [5.41, 5.74) is 2.57. The van der Waals surface area contributed by atoms with Crippen molar-refractivity contribution in [3.63, 3.8) is 0 Å². The van der Waals surface area contributed by atoms with E-state index in [2.05, 4.69) is 5.32 Å². The molecular formula is C24H26N2O4S. The Kier molecular flexibility index (Phi) is 5.76. The number of fused-ring (bicyclic) bond motifs is 1. The molecule has 6 nitrogen and oxygen atoms in total. The number of hydrogen-bond acceptors (Lipinski definition) is 5. The van der Waals surface area contributed by atoms with Crippen LogP contribution in [-0.4, -0.2) is 30.8 Å². The van der Waals surface area contributed by atoms with Gasteiger partial charge in [-0.05, 0) is 42.7 Å². The quantitative estimate of drug-likeness (QED) is 0.746. The summed E-state index contributed by atoms with van der Waals surface area (Å²) >= 11 is 1.59. The van der Waals surface area contributed by atoms with Gasteiger partial charge in [0.2, 0.25) is 11.8 Å². The Bertz CT molecular complexity index is 989. The molecular weight excluding hydrogens is 412 g/mol. The van der Waals surface area contributed by atoms with Gasteiger partial charge in [-0.1, -0.05) is 31.4 Å². The van der Waals surface area contributed by atoms with E-state index in [-0.39, 0.29) is 23.1 Å². The third-order valence-electron chi connectivity index (χ3n) is 6.09. The number of benzene rings is 2. The third kappa shape index (κ3) is 4.24. The number of anilines is 2. The van der Waals surface area contributed by atoms with Crippen molar-refractivity contribution in [3.05, 3.63) is 48.0 Å². The number of nitrogens with zero attached hydrogens (tertiary/aromatic N) is 1. The van der Waals surface area contributed by atoms with Crippen molar-refractivity contribution >= 4 is 35.0 Å². The first-order valence-corrected chi connectivity index (χ1v) is 12.0. The summed E-state index contributed by atoms with van der Waals surface area (Å²) in [6.07, 6.45) is 5.42. The van der Waals surface area contributed by atoms with Crippen LogP contribution < -0.4 is 19.7 Å². The molecule has 5 rings (SSSR count). The normalized spacial score (nSPS) is 21.2. The summed E-state index contributed by atoms with van der Waals surface area (Å²) < 4.78 is 11.3. The van der Waals surface area contributed by atoms with E-state index >= 15 is 0 Å². The molecule has 0 radical (unpaired) electrons. The SMILES string of the molecule is O=C(Nc1cccc([C@@H]2SCC(=O)N2c2ccc3c(c2)OCCO3)c1)C1CCCCC1. The molecule has 7 heteroatoms. The number of hydrogen-bond donors (Lipinski definition) is 1. The minimum Gasteiger partial charge on any atom is -0.486 e. The van der Waals surface area contributed by atoms with Crippen LogP contribution in [-0.2, 0) is 9.59 Å². The second-order valence-electron chi connectivity index (χ2n) is 8.20. The van der Waals surface area contributed by atoms with E-state index in [0.29, 0.717) is 30.5 Å². The molecule has 2 heterocycles. The van der Waals surface area contributed by atoms with Gasteiger partial charge in [0.05, 0.1) is 5.75 Å². The van der Waals surface area contributed by atoms with Crippen molar-refractivity contribution in [1.29, 1.82) is 0 Å². The molecule has 0 aromatic heterocycles. The van der Waals surface area contributed by atoms with Gasteiger partial charge in [0.1, 0.15) is 18.6 Å². The molecule has 2 aromatic carbocycles. The molecule has 2 aromatic rings. The maximum Gasteiger partial charge on any atom is 0.238 e. The van der Waals surface area contributed by atoms with Gasteiger partial charge in [-0.25, -0.2) is 0 Å². The van der Waals surface area contributed by atoms with E-state index in [1.807, 2.05) is 47.4 Å². The fraction of sp³-hybridized carbons (Fsp3) is 0.417. The number of ether oxygens (including phenoxy) is 2. The first-order valence-electron chi connectivity index (χ1n) is 10.9. The van der Waals surface area contributed by atoms with E-state index in [0.717, 1.165) is 42.6 Å². The Morgan fingerprint density at radius 3 is 2.65 bits per heavy atom. The van der Waals surface area contributed by atoms with Crippen LogP contribution in [0.3, 0.4) is 0 Å². The second-order valence-corrected chi connectivity index (χ2v) is 9.27. The maximum atomic E-state index is 12.8. The van der Waals surface area contributed by atoms with Crippen LogP contribution in [0.5, 0.6) is 11.5 Å². The van der Waals surface area contributed by atoms with E-state index in [1.165, 1.54) is 6.42 Å². The zero-order valence-corrected chi connectivity index (χ0v) is 18.2. The van der Waals surface area contributed by atoms with Gasteiger partial charge in [0.25, 0.3) is 0 Å². The van der Waals surface area contributed by atoms with Crippen LogP contribution in [0, 0.1) is 5.92 Å². The van der Waals surface area contributed by atoms with Gasteiger partial charge in [0, 0.05) is 23.4 Å². The second kappa shape index (κ2) is 8.83. The summed E-state index contributed by atoms with van der Waals surface area (Å²) in [5.74, 6) is 2.06. The molecule has 2 amide bonds. The van der Waals surface area contributed by atoms with Crippen molar-refractivity contribution in [2.45, 2.75) is 37.5 Å². The number of rotatable bonds is 4. The van der Waals surface area contributed by atoms with Crippen LogP contribution in [0.1, 0.15) is 43.0 Å². The Labute approximate surface area is 186 Å². The van der Waals surface area contributed by atoms with E-state index in [1.54, 1.807) is 11.8 Å². The Morgan fingerprint density at radius 1 is 1.00 bits per heavy atom. The predicted octanol–water partition coefficient (Wildman–Crippen LogP) is 4.76. The van der Waals surface area contributed by atoms with Crippen LogP contribution in [0.4, 0.5) is 11.4 Å². The number of amides is 2. The fourth-order valence-electron chi connectivity index (χ4n) is 4.51. The smallest absolute Gasteiger partial charge is 0.238 e. The summed E-state index contributed by atoms with van der Waals surface area (Å²) in [6.45, 7) is 1.04. The third-order valence-corrected chi connectivity index (χ3v) is 7.30. The van der Waals surface area contributed by atoms with Crippen LogP contribution >= 0.6 is 11.8 Å². The molecule has 0 spiro atoms. The highest BCUT2D eigenvalue weighted by atomic mass is 32.2. The Morgan fingerprint density at radius 2 is 1.81 bits per heavy atom. The largest absolute Gasteiger partial charge is 0.486 e. The number of nitrogens with one attached hydrogen (secondary N) is 1. The monoisotopic (exact) mass is 438 g/mol. The minimum absolute atomic E-state index is 0.0586. The van der Waals surface area contributed by atoms with Gasteiger partial charge in [-0.3, -0.25) is 14.5 Å². The highest BCUT2D eigenvalue weighted by Gasteiger charge is 2.35. The molecule has 2 aliphatic heterocycles. The van der Waals surface area contributed by atoms with Gasteiger partial charge in [-0.15, -0.1) is 11.8 Å². The Hall–Kier alpha value is -2.67. The van der Waals surface area contributed by atoms with Crippen LogP contribution in [0.15, 0.2) is 42.5 Å². The lowest BCUT2D eigenvalue weighted by Gasteiger charge is -2.27. The molecule has 0 bridgehead atoms. The van der Waals surface area contributed by atoms with Crippen molar-refractivity contribution in [1.82, 2.24) is 0 Å². The molecule has 1 atom stereocenters. The topological polar surface area (TPSA) is 67.9 Å². The molecule has 1 N–H and O–H groups in total. The van der Waals surface area contributed by atoms with Gasteiger partial charge in [0.15, 0.2) is 11.5 Å². The lowest BCUT2D eigenvalue weighted by Crippen LogP contribution is -2.28. The van der Waals surface area contributed by atoms with E-state index < -0.39 is 0 Å². The summed E-state index contributed by atoms with van der Waals surface area (Å²) in [6, 6.07) is 13.5. The lowest BCUT2D eigenvalue weighted by molar-refractivity contribution is -0.120. The number of carbonyl (C=O) groups is 2. The van der Waals surface area contributed by atoms with Crippen molar-refractivity contribution in [3.8, 4) is 11.5 Å². The Balaban J connectivity index is 1.37. The first kappa shape index (κ1) is 20.2. The predicted molar refractivity (Wildman–Crippen MR) is 122 cm³/mol. The molecule has 2 fully saturated rings. The molecule has 1 saturated carbocycles. The number of thioether (sulfide) groups is 1. The minimum atomic E-state index is -0.151. The summed E-state index contributed by atoms with van der Waals surface area (Å²) in [4.78, 5) is 27.2. The van der Waals surface area contributed by atoms with Crippen LogP contribution in [0.25, 0.3) is 0 Å². The molecule has 1 saturated heterocycles. The molecule has 0 unspecified atom stereocenters. The zero-order chi connectivity index (χ0) is 21.2. The standard InChI is InChI=1S/C24H26N2O4S/c27-22-15-31-24(26(22)19-9-10-20-21(14-19)30-12-11-29-20)17-7-4-8-18(13-17)25-23(28)16-5-2-1-3-6-16/h4,7-10,13-14,16,24H,1-3,5-6,11-12,15H2,(H,25,28)/t24-/m0/s1. The average molecular weight is 439 g/mol. The highest BCUT2D eigenvalue weighted by molar-refractivity contribution is 8.00. The first-order chi connectivity index (χ1) is 15.2. The molecule has 3 aliphatic rings. The molecule has 1 aliphatic carbocycles. The van der Waals surface area contributed by atoms with Crippen molar-refractivity contribution in [2.75, 3.05) is 29.2 Å². The van der Waals surface area contributed by atoms with Gasteiger partial charge >= 0.3 is 0 Å². The fourth-order valence-corrected chi connectivity index (χ4v) is 5.68. The van der Waals surface area contributed by atoms with E-state index in [4.69, 9.17) is 9.47 Å². The van der Waals surface area contributed by atoms with Gasteiger partial charge in [-0.2, -0.15) is 0 Å². The molecule has 162 valence electrons. The van der Waals surface area contributed by atoms with Crippen molar-refractivity contribution < 1.29 is 19.1 Å². The number of carbonyl (C=O) groups excluding carboxylic acids is 2. The van der Waals surface area contributed by atoms with Crippen molar-refractivity contribution in [2.24, 2.45) is 5.92 Å². The maximum absolute atomic E-state index is 12.8. The summed E-state index contributed by atoms with van der Waals surface area (Å²) in [7, 11) is 0.